The summed E-state index contributed by atoms with van der Waals surface area (Å²) in [6, 6.07) is 15.0. The highest BCUT2D eigenvalue weighted by molar-refractivity contribution is 5.96. The molecule has 0 aliphatic rings. The molecule has 0 aliphatic carbocycles. The molecule has 0 bridgehead atoms. The van der Waals surface area contributed by atoms with E-state index >= 15 is 0 Å². The predicted molar refractivity (Wildman–Crippen MR) is 116 cm³/mol. The number of rotatable bonds is 6. The Hall–Kier alpha value is -2.08. The van der Waals surface area contributed by atoms with Crippen molar-refractivity contribution in [2.45, 2.75) is 39.3 Å². The molecule has 0 saturated carbocycles. The van der Waals surface area contributed by atoms with Crippen LogP contribution < -0.4 is 11.1 Å². The minimum Gasteiger partial charge on any atom is -0.328 e. The average molecular weight is 409 g/mol. The Bertz CT molecular complexity index is 880. The Balaban J connectivity index is 0.00000182. The van der Waals surface area contributed by atoms with Crippen LogP contribution in [0.15, 0.2) is 48.5 Å². The third-order valence-electron chi connectivity index (χ3n) is 4.36. The Morgan fingerprint density at radius 3 is 2.48 bits per heavy atom. The number of nitrogens with zero attached hydrogens (tertiary/aromatic N) is 2. The van der Waals surface area contributed by atoms with Crippen molar-refractivity contribution in [1.29, 1.82) is 0 Å². The van der Waals surface area contributed by atoms with Gasteiger partial charge in [-0.1, -0.05) is 37.3 Å². The highest BCUT2D eigenvalue weighted by atomic mass is 35.5. The van der Waals surface area contributed by atoms with E-state index in [1.165, 1.54) is 0 Å². The zero-order valence-corrected chi connectivity index (χ0v) is 17.1. The summed E-state index contributed by atoms with van der Waals surface area (Å²) >= 11 is 0. The van der Waals surface area contributed by atoms with Gasteiger partial charge in [-0.15, -0.1) is 24.8 Å². The van der Waals surface area contributed by atoms with Gasteiger partial charge in [0.25, 0.3) is 0 Å². The largest absolute Gasteiger partial charge is 0.328 e. The lowest BCUT2D eigenvalue weighted by atomic mass is 10.1. The van der Waals surface area contributed by atoms with Crippen molar-refractivity contribution in [2.75, 3.05) is 5.32 Å². The van der Waals surface area contributed by atoms with Crippen molar-refractivity contribution in [3.05, 3.63) is 59.9 Å². The minimum atomic E-state index is -0.586. The lowest BCUT2D eigenvalue weighted by molar-refractivity contribution is -0.117. The first-order valence-electron chi connectivity index (χ1n) is 8.72. The van der Waals surface area contributed by atoms with E-state index in [2.05, 4.69) is 28.7 Å². The number of nitrogens with one attached hydrogen (secondary N) is 1. The van der Waals surface area contributed by atoms with E-state index < -0.39 is 6.04 Å². The van der Waals surface area contributed by atoms with Crippen LogP contribution in [-0.4, -0.2) is 21.5 Å². The fourth-order valence-electron chi connectivity index (χ4n) is 3.08. The summed E-state index contributed by atoms with van der Waals surface area (Å²) in [7, 11) is 0. The van der Waals surface area contributed by atoms with Gasteiger partial charge in [0.05, 0.1) is 17.1 Å². The van der Waals surface area contributed by atoms with Gasteiger partial charge in [-0.05, 0) is 37.1 Å². The molecule has 0 radical (unpaired) electrons. The van der Waals surface area contributed by atoms with Gasteiger partial charge in [-0.3, -0.25) is 4.79 Å². The van der Waals surface area contributed by atoms with Crippen LogP contribution in [0.5, 0.6) is 0 Å². The maximum Gasteiger partial charge on any atom is 0.241 e. The highest BCUT2D eigenvalue weighted by Crippen LogP contribution is 2.21. The first-order valence-corrected chi connectivity index (χ1v) is 8.72. The van der Waals surface area contributed by atoms with E-state index in [1.807, 2.05) is 48.5 Å². The van der Waals surface area contributed by atoms with Crippen LogP contribution in [0.4, 0.5) is 5.69 Å². The molecule has 3 aromatic rings. The van der Waals surface area contributed by atoms with E-state index in [0.29, 0.717) is 6.42 Å². The van der Waals surface area contributed by atoms with Gasteiger partial charge in [0, 0.05) is 18.7 Å². The molecular formula is C20H26Cl2N4O. The van der Waals surface area contributed by atoms with Gasteiger partial charge in [0.1, 0.15) is 5.82 Å². The maximum absolute atomic E-state index is 12.4. The summed E-state index contributed by atoms with van der Waals surface area (Å²) in [5.41, 5.74) is 9.81. The number of carbonyl (C=O) groups excluding carboxylic acids is 1. The zero-order chi connectivity index (χ0) is 17.8. The summed E-state index contributed by atoms with van der Waals surface area (Å²) in [5.74, 6) is 0.871. The van der Waals surface area contributed by atoms with E-state index in [1.54, 1.807) is 0 Å². The second-order valence-corrected chi connectivity index (χ2v) is 6.11. The number of anilines is 1. The van der Waals surface area contributed by atoms with Gasteiger partial charge < -0.3 is 15.6 Å². The maximum atomic E-state index is 12.4. The molecule has 3 rings (SSSR count). The predicted octanol–water partition coefficient (Wildman–Crippen LogP) is 3.97. The molecule has 1 atom stereocenters. The molecular weight excluding hydrogens is 383 g/mol. The molecule has 3 N–H and O–H groups in total. The van der Waals surface area contributed by atoms with Gasteiger partial charge in [-0.2, -0.15) is 0 Å². The van der Waals surface area contributed by atoms with Crippen LogP contribution in [-0.2, 0) is 24.2 Å². The normalized spacial score (nSPS) is 11.4. The first kappa shape index (κ1) is 23.0. The molecule has 0 spiro atoms. The molecule has 7 heteroatoms. The molecule has 0 aliphatic heterocycles. The molecule has 0 saturated heterocycles. The minimum absolute atomic E-state index is 0. The van der Waals surface area contributed by atoms with E-state index in [-0.39, 0.29) is 30.7 Å². The number of benzene rings is 2. The third kappa shape index (κ3) is 5.22. The number of imidazole rings is 1. The van der Waals surface area contributed by atoms with Crippen LogP contribution in [0.25, 0.3) is 11.0 Å². The molecule has 1 aromatic heterocycles. The molecule has 5 nitrogen and oxygen atoms in total. The Labute approximate surface area is 172 Å². The number of aryl methyl sites for hydroxylation is 2. The molecule has 1 heterocycles. The number of hydrogen-bond acceptors (Lipinski definition) is 3. The van der Waals surface area contributed by atoms with Crippen LogP contribution in [0, 0.1) is 0 Å². The molecule has 2 aromatic carbocycles. The van der Waals surface area contributed by atoms with Gasteiger partial charge in [-0.25, -0.2) is 4.98 Å². The molecule has 1 amide bonds. The fourth-order valence-corrected chi connectivity index (χ4v) is 3.08. The van der Waals surface area contributed by atoms with E-state index in [4.69, 9.17) is 5.73 Å². The van der Waals surface area contributed by atoms with Crippen LogP contribution >= 0.6 is 24.8 Å². The van der Waals surface area contributed by atoms with Gasteiger partial charge >= 0.3 is 0 Å². The van der Waals surface area contributed by atoms with E-state index in [9.17, 15) is 4.79 Å². The van der Waals surface area contributed by atoms with Gasteiger partial charge in [0.15, 0.2) is 0 Å². The number of aromatic nitrogens is 2. The van der Waals surface area contributed by atoms with Crippen molar-refractivity contribution in [2.24, 2.45) is 5.73 Å². The van der Waals surface area contributed by atoms with Crippen molar-refractivity contribution in [3.63, 3.8) is 0 Å². The third-order valence-corrected chi connectivity index (χ3v) is 4.36. The second kappa shape index (κ2) is 10.3. The Morgan fingerprint density at radius 2 is 1.85 bits per heavy atom. The molecule has 0 fully saturated rings. The topological polar surface area (TPSA) is 72.9 Å². The SMILES string of the molecule is CCc1nc2cc(NC(=O)C(N)Cc3ccccc3)ccc2n1CC.Cl.Cl. The monoisotopic (exact) mass is 408 g/mol. The number of nitrogens with two attached hydrogens (primary N) is 1. The Kier molecular flexibility index (Phi) is 8.76. The van der Waals surface area contributed by atoms with Gasteiger partial charge in [0.2, 0.25) is 5.91 Å². The first-order chi connectivity index (χ1) is 12.1. The standard InChI is InChI=1S/C20H24N4O.2ClH/c1-3-19-23-17-13-15(10-11-18(17)24(19)4-2)22-20(25)16(21)12-14-8-6-5-7-9-14;;/h5-11,13,16H,3-4,12,21H2,1-2H3,(H,22,25);2*1H. The number of fused-ring (bicyclic) bond motifs is 1. The number of carbonyl (C=O) groups is 1. The van der Waals surface area contributed by atoms with Crippen molar-refractivity contribution in [1.82, 2.24) is 9.55 Å². The molecule has 27 heavy (non-hydrogen) atoms. The summed E-state index contributed by atoms with van der Waals surface area (Å²) < 4.78 is 2.20. The summed E-state index contributed by atoms with van der Waals surface area (Å²) in [4.78, 5) is 17.0. The zero-order valence-electron chi connectivity index (χ0n) is 15.5. The molecule has 146 valence electrons. The Morgan fingerprint density at radius 1 is 1.15 bits per heavy atom. The number of halogens is 2. The van der Waals surface area contributed by atoms with Crippen molar-refractivity contribution < 1.29 is 4.79 Å². The summed E-state index contributed by atoms with van der Waals surface area (Å²) in [6.45, 7) is 5.09. The number of amides is 1. The van der Waals surface area contributed by atoms with E-state index in [0.717, 1.165) is 41.1 Å². The smallest absolute Gasteiger partial charge is 0.241 e. The number of hydrogen-bond donors (Lipinski definition) is 2. The van der Waals surface area contributed by atoms with Crippen LogP contribution in [0.1, 0.15) is 25.2 Å². The van der Waals surface area contributed by atoms with Crippen LogP contribution in [0.3, 0.4) is 0 Å². The fraction of sp³-hybridized carbons (Fsp3) is 0.300. The van der Waals surface area contributed by atoms with Crippen molar-refractivity contribution >= 4 is 47.4 Å². The second-order valence-electron chi connectivity index (χ2n) is 6.11. The quantitative estimate of drug-likeness (QED) is 0.647. The van der Waals surface area contributed by atoms with Crippen molar-refractivity contribution in [3.8, 4) is 0 Å². The summed E-state index contributed by atoms with van der Waals surface area (Å²) in [6.07, 6.45) is 1.39. The lowest BCUT2D eigenvalue weighted by Gasteiger charge is -2.12. The average Bonchev–Trinajstić information content (AvgIpc) is 2.99. The van der Waals surface area contributed by atoms with Crippen LogP contribution in [0.2, 0.25) is 0 Å². The lowest BCUT2D eigenvalue weighted by Crippen LogP contribution is -2.37. The molecule has 1 unspecified atom stereocenters. The highest BCUT2D eigenvalue weighted by Gasteiger charge is 2.15. The summed E-state index contributed by atoms with van der Waals surface area (Å²) in [5, 5.41) is 2.91.